The SMILES string of the molecule is COC1C(=O)C(C)CC\C=C/C=C\C=C(\C)[C@H](OCC2CCC2)C[C@H]2CC[C@H](C)[C@](O)(O2)C(=O)C(=O)N(C)C(C)C(=O)OC([C@H](C)C[C@@H]2CC[C@@H](OCCCS(C)(=O)=O)[C@H](OC)C2)CC(=O)C(C)/C=C(/C)C1O. The third-order valence-electron chi connectivity index (χ3n) is 15.9. The number of nitrogens with zero attached hydrogens (tertiary/aromatic N) is 1. The van der Waals surface area contributed by atoms with E-state index >= 15 is 0 Å². The number of fused-ring (bicyclic) bond motifs is 2. The van der Waals surface area contributed by atoms with Gasteiger partial charge in [-0.25, -0.2) is 13.2 Å². The minimum atomic E-state index is -3.12. The first-order chi connectivity index (χ1) is 34.4. The first kappa shape index (κ1) is 62.1. The predicted molar refractivity (Wildman–Crippen MR) is 278 cm³/mol. The molecule has 1 amide bonds. The van der Waals surface area contributed by atoms with Crippen molar-refractivity contribution >= 4 is 39.1 Å². The number of aliphatic hydroxyl groups is 2. The molecule has 1 saturated heterocycles. The van der Waals surface area contributed by atoms with E-state index < -0.39 is 87.6 Å². The molecule has 16 nitrogen and oxygen atoms in total. The molecule has 2 aliphatic carbocycles. The monoisotopic (exact) mass is 1050 g/mol. The molecule has 414 valence electrons. The molecule has 0 spiro atoms. The zero-order chi connectivity index (χ0) is 54.2. The second-order valence-electron chi connectivity index (χ2n) is 21.8. The first-order valence-electron chi connectivity index (χ1n) is 26.7. The number of esters is 1. The number of aliphatic hydroxyl groups excluding tert-OH is 1. The lowest BCUT2D eigenvalue weighted by Crippen LogP contribution is -2.59. The molecular formula is C56H89NO15S. The van der Waals surface area contributed by atoms with Gasteiger partial charge < -0.3 is 43.5 Å². The zero-order valence-corrected chi connectivity index (χ0v) is 46.4. The summed E-state index contributed by atoms with van der Waals surface area (Å²) < 4.78 is 59.7. The normalized spacial score (nSPS) is 36.8. The Morgan fingerprint density at radius 1 is 0.863 bits per heavy atom. The minimum absolute atomic E-state index is 0.0257. The number of ether oxygens (including phenoxy) is 6. The highest BCUT2D eigenvalue weighted by Gasteiger charge is 2.52. The van der Waals surface area contributed by atoms with Gasteiger partial charge in [0.15, 0.2) is 5.78 Å². The average Bonchev–Trinajstić information content (AvgIpc) is 3.33. The Labute approximate surface area is 435 Å². The summed E-state index contributed by atoms with van der Waals surface area (Å²) in [6.45, 7) is 12.9. The van der Waals surface area contributed by atoms with Crippen LogP contribution in [0.4, 0.5) is 0 Å². The number of amides is 1. The van der Waals surface area contributed by atoms with Crippen LogP contribution in [0.1, 0.15) is 138 Å². The lowest BCUT2D eigenvalue weighted by Gasteiger charge is -2.42. The Kier molecular flexibility index (Phi) is 24.8. The van der Waals surface area contributed by atoms with Crippen LogP contribution in [0.5, 0.6) is 0 Å². The number of ketones is 3. The molecule has 4 aliphatic rings. The Bertz CT molecular complexity index is 2080. The third-order valence-corrected chi connectivity index (χ3v) is 16.9. The molecule has 2 saturated carbocycles. The average molecular weight is 1050 g/mol. The number of cyclic esters (lactones) is 1. The van der Waals surface area contributed by atoms with Crippen molar-refractivity contribution in [3.63, 3.8) is 0 Å². The van der Waals surface area contributed by atoms with E-state index in [1.165, 1.54) is 27.3 Å². The number of hydrogen-bond donors (Lipinski definition) is 2. The van der Waals surface area contributed by atoms with E-state index in [1.54, 1.807) is 40.9 Å². The molecule has 2 bridgehead atoms. The van der Waals surface area contributed by atoms with Crippen LogP contribution in [-0.4, -0.2) is 154 Å². The standard InChI is InChI=1S/C56H89NO15S/c1-35-19-15-13-12-14-16-20-36(2)50(59)52(68-10)51(60)39(5)29-37(3)45(58)33-48(38(4)30-43-24-26-46(49(31-43)67-9)69-27-18-28-73(11,65)66)71-55(63)41(7)57(8)54(62)53(61)56(64)40(6)23-25-44(72-56)32-47(35)70-34-42-21-17-22-42/h12-15,19,29,36-38,40-44,46-49,51-52,60,64H,16-18,20-28,30-34H2,1-11H3/b14-12-,15-13-,35-19-,39-29-/t36?,37?,38-,40+,41?,43+,44-,46-,47-,48?,49-,51?,52?,56+/m1/s1. The van der Waals surface area contributed by atoms with Crippen molar-refractivity contribution in [2.24, 2.45) is 35.5 Å². The second-order valence-corrected chi connectivity index (χ2v) is 24.1. The molecule has 17 heteroatoms. The van der Waals surface area contributed by atoms with Crippen LogP contribution in [0.15, 0.2) is 47.6 Å². The number of carbonyl (C=O) groups is 5. The van der Waals surface area contributed by atoms with E-state index in [0.29, 0.717) is 75.9 Å². The van der Waals surface area contributed by atoms with Crippen LogP contribution < -0.4 is 0 Å². The molecule has 3 fully saturated rings. The molecule has 73 heavy (non-hydrogen) atoms. The summed E-state index contributed by atoms with van der Waals surface area (Å²) in [5, 5.41) is 23.4. The Morgan fingerprint density at radius 3 is 2.22 bits per heavy atom. The summed E-state index contributed by atoms with van der Waals surface area (Å²) >= 11 is 0. The maximum absolute atomic E-state index is 14.2. The summed E-state index contributed by atoms with van der Waals surface area (Å²) in [5.41, 5.74) is 1.29. The molecule has 0 aromatic heterocycles. The Balaban J connectivity index is 1.63. The van der Waals surface area contributed by atoms with Crippen LogP contribution >= 0.6 is 0 Å². The number of carbonyl (C=O) groups excluding carboxylic acids is 5. The van der Waals surface area contributed by atoms with Gasteiger partial charge in [0.1, 0.15) is 40.0 Å². The van der Waals surface area contributed by atoms with Gasteiger partial charge >= 0.3 is 5.97 Å². The molecule has 6 unspecified atom stereocenters. The van der Waals surface area contributed by atoms with Crippen molar-refractivity contribution in [2.75, 3.05) is 46.5 Å². The van der Waals surface area contributed by atoms with Gasteiger partial charge in [0.25, 0.3) is 11.7 Å². The molecule has 0 aromatic rings. The lowest BCUT2D eigenvalue weighted by atomic mass is 9.78. The fourth-order valence-corrected chi connectivity index (χ4v) is 10.9. The Morgan fingerprint density at radius 2 is 1.58 bits per heavy atom. The fourth-order valence-electron chi connectivity index (χ4n) is 10.3. The highest BCUT2D eigenvalue weighted by molar-refractivity contribution is 7.90. The van der Waals surface area contributed by atoms with Gasteiger partial charge in [0, 0.05) is 64.7 Å². The number of Topliss-reactive ketones (excluding diaryl/α,β-unsaturated/α-hetero) is 3. The van der Waals surface area contributed by atoms with Crippen LogP contribution in [0.2, 0.25) is 0 Å². The number of hydrogen-bond acceptors (Lipinski definition) is 15. The van der Waals surface area contributed by atoms with Gasteiger partial charge in [0.05, 0.1) is 36.8 Å². The Hall–Kier alpha value is -3.42. The molecule has 0 aromatic carbocycles. The van der Waals surface area contributed by atoms with Gasteiger partial charge in [-0.15, -0.1) is 0 Å². The summed E-state index contributed by atoms with van der Waals surface area (Å²) in [6.07, 6.45) is 15.8. The topological polar surface area (TPSA) is 219 Å². The quantitative estimate of drug-likeness (QED) is 0.0819. The van der Waals surface area contributed by atoms with E-state index in [-0.39, 0.29) is 54.4 Å². The number of sulfone groups is 1. The number of methoxy groups -OCH3 is 2. The van der Waals surface area contributed by atoms with Gasteiger partial charge in [-0.2, -0.15) is 0 Å². The van der Waals surface area contributed by atoms with Crippen LogP contribution in [0.3, 0.4) is 0 Å². The van der Waals surface area contributed by atoms with Gasteiger partial charge in [-0.1, -0.05) is 70.6 Å². The van der Waals surface area contributed by atoms with Gasteiger partial charge in [0.2, 0.25) is 5.79 Å². The van der Waals surface area contributed by atoms with Crippen molar-refractivity contribution in [2.45, 2.75) is 193 Å². The maximum Gasteiger partial charge on any atom is 0.328 e. The molecule has 2 heterocycles. The van der Waals surface area contributed by atoms with E-state index in [2.05, 4.69) is 0 Å². The van der Waals surface area contributed by atoms with Crippen molar-refractivity contribution in [1.82, 2.24) is 4.90 Å². The molecule has 2 N–H and O–H groups in total. The van der Waals surface area contributed by atoms with Crippen molar-refractivity contribution in [3.05, 3.63) is 47.6 Å². The van der Waals surface area contributed by atoms with Crippen molar-refractivity contribution in [3.8, 4) is 0 Å². The largest absolute Gasteiger partial charge is 0.460 e. The third kappa shape index (κ3) is 18.4. The van der Waals surface area contributed by atoms with Gasteiger partial charge in [-0.3, -0.25) is 19.2 Å². The van der Waals surface area contributed by atoms with Crippen LogP contribution in [-0.2, 0) is 62.2 Å². The van der Waals surface area contributed by atoms with E-state index in [1.807, 2.05) is 44.2 Å². The summed E-state index contributed by atoms with van der Waals surface area (Å²) in [6, 6.07) is -1.32. The predicted octanol–water partition coefficient (Wildman–Crippen LogP) is 7.03. The second kappa shape index (κ2) is 29.2. The van der Waals surface area contributed by atoms with Crippen LogP contribution in [0.25, 0.3) is 0 Å². The molecular weight excluding hydrogens is 959 g/mol. The highest BCUT2D eigenvalue weighted by atomic mass is 32.2. The summed E-state index contributed by atoms with van der Waals surface area (Å²) in [4.78, 5) is 71.2. The van der Waals surface area contributed by atoms with Gasteiger partial charge in [-0.05, 0) is 120 Å². The molecule has 2 aliphatic heterocycles. The molecule has 14 atom stereocenters. The van der Waals surface area contributed by atoms with Crippen LogP contribution in [0, 0.1) is 35.5 Å². The lowest BCUT2D eigenvalue weighted by molar-refractivity contribution is -0.266. The first-order valence-corrected chi connectivity index (χ1v) is 28.8. The minimum Gasteiger partial charge on any atom is -0.460 e. The number of likely N-dealkylation sites (N-methyl/N-ethyl adjacent to an activating group) is 1. The number of rotatable bonds is 13. The van der Waals surface area contributed by atoms with E-state index in [9.17, 15) is 42.6 Å². The smallest absolute Gasteiger partial charge is 0.328 e. The summed E-state index contributed by atoms with van der Waals surface area (Å²) in [5.74, 6) is -8.00. The van der Waals surface area contributed by atoms with E-state index in [0.717, 1.165) is 36.2 Å². The van der Waals surface area contributed by atoms with Crippen molar-refractivity contribution < 1.29 is 71.0 Å². The molecule has 4 rings (SSSR count). The highest BCUT2D eigenvalue weighted by Crippen LogP contribution is 2.38. The maximum atomic E-state index is 14.2. The van der Waals surface area contributed by atoms with E-state index in [4.69, 9.17) is 28.4 Å². The summed E-state index contributed by atoms with van der Waals surface area (Å²) in [7, 11) is 1.14. The van der Waals surface area contributed by atoms with Crippen molar-refractivity contribution in [1.29, 1.82) is 0 Å². The zero-order valence-electron chi connectivity index (χ0n) is 45.6. The fraction of sp³-hybridized carbons (Fsp3) is 0.768. The molecule has 0 radical (unpaired) electrons. The number of allylic oxidation sites excluding steroid dienone is 6.